The van der Waals surface area contributed by atoms with Crippen molar-refractivity contribution < 1.29 is 36.5 Å². The molecule has 2 saturated heterocycles. The summed E-state index contributed by atoms with van der Waals surface area (Å²) in [7, 11) is -1.63. The molecule has 4 rings (SSSR count). The Morgan fingerprint density at radius 3 is 2.15 bits per heavy atom. The van der Waals surface area contributed by atoms with Crippen LogP contribution >= 0.6 is 0 Å². The first-order chi connectivity index (χ1) is 18.6. The van der Waals surface area contributed by atoms with Crippen molar-refractivity contribution in [1.82, 2.24) is 14.8 Å². The minimum atomic E-state index is -4.67. The summed E-state index contributed by atoms with van der Waals surface area (Å²) in [5, 5.41) is 7.81. The Morgan fingerprint density at radius 1 is 1.05 bits per heavy atom. The van der Waals surface area contributed by atoms with Crippen molar-refractivity contribution in [3.8, 4) is 0 Å². The molecule has 2 aliphatic heterocycles. The third-order valence-electron chi connectivity index (χ3n) is 6.92. The quantitative estimate of drug-likeness (QED) is 0.556. The summed E-state index contributed by atoms with van der Waals surface area (Å²) in [5.41, 5.74) is -1.66. The average molecular weight is 582 g/mol. The van der Waals surface area contributed by atoms with Crippen molar-refractivity contribution in [2.75, 3.05) is 31.5 Å². The van der Waals surface area contributed by atoms with Gasteiger partial charge in [-0.15, -0.1) is 0 Å². The first-order valence-electron chi connectivity index (χ1n) is 12.5. The first-order valence-corrected chi connectivity index (χ1v) is 13.7. The van der Waals surface area contributed by atoms with Gasteiger partial charge in [-0.2, -0.15) is 13.2 Å². The van der Waals surface area contributed by atoms with Crippen LogP contribution in [0.2, 0.25) is 0 Å². The number of rotatable bonds is 5. The van der Waals surface area contributed by atoms with Crippen LogP contribution in [0.5, 0.6) is 0 Å². The van der Waals surface area contributed by atoms with E-state index in [0.717, 1.165) is 6.07 Å². The third kappa shape index (κ3) is 6.61. The van der Waals surface area contributed by atoms with E-state index in [0.29, 0.717) is 42.8 Å². The highest BCUT2D eigenvalue weighted by Gasteiger charge is 2.43. The van der Waals surface area contributed by atoms with E-state index in [-0.39, 0.29) is 29.1 Å². The zero-order chi connectivity index (χ0) is 29.4. The van der Waals surface area contributed by atoms with Gasteiger partial charge in [-0.1, -0.05) is 20.8 Å². The molecule has 14 heteroatoms. The molecule has 1 aromatic heterocycles. The Morgan fingerprint density at radius 2 is 1.62 bits per heavy atom. The Balaban J connectivity index is 1.35. The predicted molar refractivity (Wildman–Crippen MR) is 139 cm³/mol. The van der Waals surface area contributed by atoms with Crippen molar-refractivity contribution in [1.29, 1.82) is 0 Å². The lowest BCUT2D eigenvalue weighted by Crippen LogP contribution is -2.36. The fourth-order valence-electron chi connectivity index (χ4n) is 4.62. The number of nitrogens with one attached hydrogen (secondary N) is 1. The van der Waals surface area contributed by atoms with Crippen molar-refractivity contribution >= 4 is 34.6 Å². The van der Waals surface area contributed by atoms with Gasteiger partial charge in [-0.05, 0) is 30.3 Å². The van der Waals surface area contributed by atoms with Crippen LogP contribution in [0.3, 0.4) is 0 Å². The number of hydrogen-bond donors (Lipinski definition) is 2. The number of carbonyl (C=O) groups is 3. The van der Waals surface area contributed by atoms with Crippen LogP contribution in [-0.4, -0.2) is 63.1 Å². The number of aromatic nitrogens is 1. The van der Waals surface area contributed by atoms with Gasteiger partial charge in [0.15, 0.2) is 0 Å². The zero-order valence-electron chi connectivity index (χ0n) is 22.2. The number of hydrogen-bond acceptors (Lipinski definition) is 6. The third-order valence-corrected chi connectivity index (χ3v) is 7.66. The first kappa shape index (κ1) is 29.5. The lowest BCUT2D eigenvalue weighted by Gasteiger charge is -2.22. The summed E-state index contributed by atoms with van der Waals surface area (Å²) in [6.07, 6.45) is -4.70. The molecular formula is C26H30F3N5O5S. The molecule has 10 nitrogen and oxygen atoms in total. The van der Waals surface area contributed by atoms with E-state index in [1.165, 1.54) is 4.90 Å². The number of nitrogens with zero attached hydrogens (tertiary/aromatic N) is 3. The van der Waals surface area contributed by atoms with Gasteiger partial charge < -0.3 is 19.9 Å². The molecule has 0 aliphatic carbocycles. The second-order valence-electron chi connectivity index (χ2n) is 10.9. The number of carbonyl (C=O) groups excluding carboxylic acids is 3. The Hall–Kier alpha value is -3.52. The number of ether oxygens (including phenoxy) is 1. The van der Waals surface area contributed by atoms with Crippen molar-refractivity contribution in [2.24, 2.45) is 22.4 Å². The SMILES string of the molecule is CC(C)(C)C(=O)Nc1cc(C(F)(F)F)cnc1COC(=O)N1CC2CN(C(=O)c3ccc(S(N)=O)cc3)C[C@H]2C1. The van der Waals surface area contributed by atoms with Gasteiger partial charge in [0.2, 0.25) is 5.91 Å². The highest BCUT2D eigenvalue weighted by atomic mass is 32.2. The smallest absolute Gasteiger partial charge is 0.417 e. The Labute approximate surface area is 231 Å². The average Bonchev–Trinajstić information content (AvgIpc) is 3.46. The van der Waals surface area contributed by atoms with Gasteiger partial charge in [-0.3, -0.25) is 14.6 Å². The minimum Gasteiger partial charge on any atom is -0.443 e. The maximum absolute atomic E-state index is 13.2. The molecule has 2 fully saturated rings. The summed E-state index contributed by atoms with van der Waals surface area (Å²) >= 11 is 0. The summed E-state index contributed by atoms with van der Waals surface area (Å²) in [6.45, 7) is 6.01. The van der Waals surface area contributed by atoms with E-state index in [1.807, 2.05) is 0 Å². The second-order valence-corrected chi connectivity index (χ2v) is 12.0. The molecule has 0 spiro atoms. The fourth-order valence-corrected chi connectivity index (χ4v) is 5.03. The van der Waals surface area contributed by atoms with E-state index in [2.05, 4.69) is 10.3 Å². The van der Waals surface area contributed by atoms with Crippen LogP contribution in [-0.2, 0) is 33.3 Å². The van der Waals surface area contributed by atoms with Crippen molar-refractivity contribution in [3.05, 3.63) is 53.3 Å². The van der Waals surface area contributed by atoms with Gasteiger partial charge in [-0.25, -0.2) is 14.1 Å². The molecule has 3 amide bonds. The molecular weight excluding hydrogens is 551 g/mol. The fraction of sp³-hybridized carbons (Fsp3) is 0.462. The monoisotopic (exact) mass is 581 g/mol. The predicted octanol–water partition coefficient (Wildman–Crippen LogP) is 3.41. The molecule has 40 heavy (non-hydrogen) atoms. The summed E-state index contributed by atoms with van der Waals surface area (Å²) in [6, 6.07) is 7.02. The summed E-state index contributed by atoms with van der Waals surface area (Å²) < 4.78 is 56.4. The lowest BCUT2D eigenvalue weighted by atomic mass is 9.95. The second kappa shape index (κ2) is 11.2. The van der Waals surface area contributed by atoms with E-state index in [4.69, 9.17) is 9.88 Å². The molecule has 3 N–H and O–H groups in total. The van der Waals surface area contributed by atoms with Gasteiger partial charge >= 0.3 is 12.3 Å². The molecule has 2 unspecified atom stereocenters. The summed E-state index contributed by atoms with van der Waals surface area (Å²) in [5.74, 6) is -0.606. The molecule has 0 saturated carbocycles. The van der Waals surface area contributed by atoms with Crippen LogP contribution in [0.4, 0.5) is 23.7 Å². The van der Waals surface area contributed by atoms with Crippen molar-refractivity contribution in [2.45, 2.75) is 38.4 Å². The van der Waals surface area contributed by atoms with Crippen molar-refractivity contribution in [3.63, 3.8) is 0 Å². The van der Waals surface area contributed by atoms with E-state index < -0.39 is 46.7 Å². The topological polar surface area (TPSA) is 135 Å². The molecule has 216 valence electrons. The van der Waals surface area contributed by atoms with Crippen LogP contribution in [0.15, 0.2) is 41.4 Å². The van der Waals surface area contributed by atoms with E-state index in [1.54, 1.807) is 49.9 Å². The minimum absolute atomic E-state index is 0.0143. The van der Waals surface area contributed by atoms with Gasteiger partial charge in [0, 0.05) is 55.2 Å². The number of alkyl halides is 3. The van der Waals surface area contributed by atoms with Crippen LogP contribution in [0.25, 0.3) is 0 Å². The molecule has 2 aliphatic rings. The highest BCUT2D eigenvalue weighted by Crippen LogP contribution is 2.34. The maximum atomic E-state index is 13.2. The van der Waals surface area contributed by atoms with E-state index >= 15 is 0 Å². The molecule has 0 radical (unpaired) electrons. The van der Waals surface area contributed by atoms with Gasteiger partial charge in [0.05, 0.1) is 16.1 Å². The van der Waals surface area contributed by atoms with Gasteiger partial charge in [0.25, 0.3) is 5.91 Å². The number of fused-ring (bicyclic) bond motifs is 1. The number of likely N-dealkylation sites (tertiary alicyclic amines) is 2. The number of halogens is 3. The van der Waals surface area contributed by atoms with E-state index in [9.17, 15) is 31.8 Å². The maximum Gasteiger partial charge on any atom is 0.417 e. The normalized spacial score (nSPS) is 19.8. The highest BCUT2D eigenvalue weighted by molar-refractivity contribution is 7.82. The Kier molecular flexibility index (Phi) is 8.22. The van der Waals surface area contributed by atoms with Crippen LogP contribution in [0, 0.1) is 17.3 Å². The molecule has 3 heterocycles. The molecule has 2 aromatic rings. The lowest BCUT2D eigenvalue weighted by molar-refractivity contribution is -0.137. The largest absolute Gasteiger partial charge is 0.443 e. The molecule has 3 atom stereocenters. The number of nitrogens with two attached hydrogens (primary N) is 1. The molecule has 0 bridgehead atoms. The number of amides is 3. The van der Waals surface area contributed by atoms with Gasteiger partial charge in [0.1, 0.15) is 23.3 Å². The standard InChI is InChI=1S/C26H30F3N5O5S/c1-25(2,3)23(36)32-20-8-18(26(27,28)29)9-31-21(20)14-39-24(37)34-12-16-10-33(11-17(16)13-34)22(35)15-4-6-19(7-5-15)40(30)38/h4-9,16-17H,10-14,30H2,1-3H3,(H,32,36)/t16-,17?,40?/m0/s1. The zero-order valence-corrected chi connectivity index (χ0v) is 23.0. The number of anilines is 1. The molecule has 1 aromatic carbocycles. The van der Waals surface area contributed by atoms with Crippen LogP contribution < -0.4 is 10.5 Å². The number of benzene rings is 1. The van der Waals surface area contributed by atoms with Crippen LogP contribution in [0.1, 0.15) is 42.4 Å². The Bertz CT molecular complexity index is 1320. The number of pyridine rings is 1. The summed E-state index contributed by atoms with van der Waals surface area (Å²) in [4.78, 5) is 45.6.